The molecule has 0 aromatic carbocycles. The van der Waals surface area contributed by atoms with Crippen LogP contribution in [0.2, 0.25) is 0 Å². The highest BCUT2D eigenvalue weighted by molar-refractivity contribution is 7.16. The summed E-state index contributed by atoms with van der Waals surface area (Å²) in [7, 11) is 0. The van der Waals surface area contributed by atoms with Crippen molar-refractivity contribution in [2.75, 3.05) is 19.8 Å². The number of fused-ring (bicyclic) bond motifs is 1. The maximum Gasteiger partial charge on any atom is 0.262 e. The van der Waals surface area contributed by atoms with Gasteiger partial charge in [0.1, 0.15) is 4.83 Å². The van der Waals surface area contributed by atoms with Crippen LogP contribution in [0.5, 0.6) is 0 Å². The van der Waals surface area contributed by atoms with Crippen LogP contribution in [0.1, 0.15) is 0 Å². The molecule has 2 aromatic rings. The third kappa shape index (κ3) is 2.11. The Balaban J connectivity index is 1.89. The van der Waals surface area contributed by atoms with Crippen LogP contribution in [0, 0.1) is 0 Å². The van der Waals surface area contributed by atoms with Crippen molar-refractivity contribution in [1.82, 2.24) is 9.55 Å². The Labute approximate surface area is 102 Å². The van der Waals surface area contributed by atoms with Gasteiger partial charge in [0, 0.05) is 0 Å². The van der Waals surface area contributed by atoms with E-state index in [1.807, 2.05) is 11.4 Å². The predicted octanol–water partition coefficient (Wildman–Crippen LogP) is 0.873. The zero-order valence-electron chi connectivity index (χ0n) is 9.17. The lowest BCUT2D eigenvalue weighted by Crippen LogP contribution is -2.35. The fourth-order valence-electron chi connectivity index (χ4n) is 1.88. The molecule has 1 aliphatic rings. The summed E-state index contributed by atoms with van der Waals surface area (Å²) in [5.74, 6) is 0. The number of thiophene rings is 1. The van der Waals surface area contributed by atoms with E-state index in [0.717, 1.165) is 4.83 Å². The average molecular weight is 252 g/mol. The molecule has 0 bridgehead atoms. The molecule has 0 amide bonds. The lowest BCUT2D eigenvalue weighted by Gasteiger charge is -2.23. The highest BCUT2D eigenvalue weighted by atomic mass is 32.1. The van der Waals surface area contributed by atoms with E-state index < -0.39 is 0 Å². The fourth-order valence-corrected chi connectivity index (χ4v) is 2.61. The molecule has 90 valence electrons. The summed E-state index contributed by atoms with van der Waals surface area (Å²) in [6.07, 6.45) is 1.53. The van der Waals surface area contributed by atoms with Crippen LogP contribution in [-0.4, -0.2) is 35.5 Å². The Hall–Kier alpha value is -1.24. The van der Waals surface area contributed by atoms with Crippen molar-refractivity contribution in [3.8, 4) is 0 Å². The van der Waals surface area contributed by atoms with Crippen molar-refractivity contribution < 1.29 is 9.47 Å². The Bertz CT molecular complexity index is 571. The Kier molecular flexibility index (Phi) is 2.92. The molecule has 2 aromatic heterocycles. The van der Waals surface area contributed by atoms with Gasteiger partial charge in [0.05, 0.1) is 44.2 Å². The Morgan fingerprint density at radius 2 is 2.47 bits per heavy atom. The van der Waals surface area contributed by atoms with Crippen LogP contribution < -0.4 is 5.56 Å². The van der Waals surface area contributed by atoms with Gasteiger partial charge in [-0.05, 0) is 11.4 Å². The minimum atomic E-state index is -0.0562. The molecule has 0 unspecified atom stereocenters. The predicted molar refractivity (Wildman–Crippen MR) is 64.4 cm³/mol. The van der Waals surface area contributed by atoms with Crippen LogP contribution in [0.4, 0.5) is 0 Å². The monoisotopic (exact) mass is 252 g/mol. The minimum absolute atomic E-state index is 0.00887. The maximum absolute atomic E-state index is 12.1. The molecule has 5 nitrogen and oxygen atoms in total. The zero-order chi connectivity index (χ0) is 11.7. The molecule has 0 saturated carbocycles. The molecule has 1 saturated heterocycles. The third-order valence-corrected chi connectivity index (χ3v) is 3.56. The van der Waals surface area contributed by atoms with E-state index >= 15 is 0 Å². The van der Waals surface area contributed by atoms with Gasteiger partial charge in [0.15, 0.2) is 0 Å². The van der Waals surface area contributed by atoms with Crippen molar-refractivity contribution in [3.05, 3.63) is 28.1 Å². The van der Waals surface area contributed by atoms with Crippen LogP contribution in [0.15, 0.2) is 22.6 Å². The van der Waals surface area contributed by atoms with Crippen LogP contribution in [0.25, 0.3) is 10.2 Å². The van der Waals surface area contributed by atoms with Gasteiger partial charge < -0.3 is 9.47 Å². The van der Waals surface area contributed by atoms with Gasteiger partial charge in [-0.2, -0.15) is 0 Å². The molecule has 3 heterocycles. The SMILES string of the molecule is O=c1c2ccsc2ncn1C[C@@H]1COCCO1. The Morgan fingerprint density at radius 3 is 3.29 bits per heavy atom. The smallest absolute Gasteiger partial charge is 0.262 e. The van der Waals surface area contributed by atoms with Gasteiger partial charge in [-0.15, -0.1) is 11.3 Å². The number of hydrogen-bond donors (Lipinski definition) is 0. The lowest BCUT2D eigenvalue weighted by atomic mass is 10.3. The van der Waals surface area contributed by atoms with E-state index in [0.29, 0.717) is 31.8 Å². The van der Waals surface area contributed by atoms with Crippen molar-refractivity contribution in [1.29, 1.82) is 0 Å². The summed E-state index contributed by atoms with van der Waals surface area (Å²) in [5.41, 5.74) is -0.00887. The average Bonchev–Trinajstić information content (AvgIpc) is 2.83. The first-order chi connectivity index (χ1) is 8.34. The largest absolute Gasteiger partial charge is 0.376 e. The molecule has 0 aliphatic carbocycles. The minimum Gasteiger partial charge on any atom is -0.376 e. The van der Waals surface area contributed by atoms with Crippen molar-refractivity contribution >= 4 is 21.6 Å². The van der Waals surface area contributed by atoms with E-state index in [-0.39, 0.29) is 11.7 Å². The second-order valence-corrected chi connectivity index (χ2v) is 4.80. The van der Waals surface area contributed by atoms with E-state index in [4.69, 9.17) is 9.47 Å². The Morgan fingerprint density at radius 1 is 1.53 bits per heavy atom. The second kappa shape index (κ2) is 4.56. The number of rotatable bonds is 2. The van der Waals surface area contributed by atoms with E-state index in [2.05, 4.69) is 4.98 Å². The molecule has 6 heteroatoms. The van der Waals surface area contributed by atoms with Crippen LogP contribution in [0.3, 0.4) is 0 Å². The first kappa shape index (κ1) is 10.9. The second-order valence-electron chi connectivity index (χ2n) is 3.91. The normalized spacial score (nSPS) is 20.8. The number of aromatic nitrogens is 2. The van der Waals surface area contributed by atoms with E-state index in [1.165, 1.54) is 11.3 Å². The summed E-state index contributed by atoms with van der Waals surface area (Å²) in [6, 6.07) is 1.81. The molecule has 0 N–H and O–H groups in total. The summed E-state index contributed by atoms with van der Waals surface area (Å²) >= 11 is 1.48. The molecule has 17 heavy (non-hydrogen) atoms. The molecule has 1 fully saturated rings. The number of hydrogen-bond acceptors (Lipinski definition) is 5. The maximum atomic E-state index is 12.1. The summed E-state index contributed by atoms with van der Waals surface area (Å²) in [5, 5.41) is 2.55. The van der Waals surface area contributed by atoms with Gasteiger partial charge in [-0.1, -0.05) is 0 Å². The standard InChI is InChI=1S/C11H12N2O3S/c14-11-9-1-4-17-10(9)12-7-13(11)5-8-6-15-2-3-16-8/h1,4,7-8H,2-3,5-6H2/t8-/m1/s1. The van der Waals surface area contributed by atoms with Crippen molar-refractivity contribution in [2.45, 2.75) is 12.6 Å². The molecule has 1 atom stereocenters. The van der Waals surface area contributed by atoms with Crippen LogP contribution >= 0.6 is 11.3 Å². The lowest BCUT2D eigenvalue weighted by molar-refractivity contribution is -0.0939. The molecular weight excluding hydrogens is 240 g/mol. The molecule has 3 rings (SSSR count). The van der Waals surface area contributed by atoms with E-state index in [1.54, 1.807) is 10.9 Å². The fraction of sp³-hybridized carbons (Fsp3) is 0.455. The topological polar surface area (TPSA) is 53.4 Å². The van der Waals surface area contributed by atoms with Gasteiger partial charge >= 0.3 is 0 Å². The molecule has 0 spiro atoms. The zero-order valence-corrected chi connectivity index (χ0v) is 9.98. The summed E-state index contributed by atoms with van der Waals surface area (Å²) in [4.78, 5) is 17.1. The summed E-state index contributed by atoms with van der Waals surface area (Å²) < 4.78 is 12.4. The van der Waals surface area contributed by atoms with Gasteiger partial charge in [-0.3, -0.25) is 9.36 Å². The molecule has 0 radical (unpaired) electrons. The number of ether oxygens (including phenoxy) is 2. The summed E-state index contributed by atoms with van der Waals surface area (Å²) in [6.45, 7) is 2.26. The van der Waals surface area contributed by atoms with E-state index in [9.17, 15) is 4.79 Å². The number of nitrogens with zero attached hydrogens (tertiary/aromatic N) is 2. The first-order valence-corrected chi connectivity index (χ1v) is 6.34. The highest BCUT2D eigenvalue weighted by Gasteiger charge is 2.16. The van der Waals surface area contributed by atoms with Gasteiger partial charge in [-0.25, -0.2) is 4.98 Å². The van der Waals surface area contributed by atoms with Crippen molar-refractivity contribution in [3.63, 3.8) is 0 Å². The van der Waals surface area contributed by atoms with Crippen molar-refractivity contribution in [2.24, 2.45) is 0 Å². The highest BCUT2D eigenvalue weighted by Crippen LogP contribution is 2.13. The quantitative estimate of drug-likeness (QED) is 0.796. The molecular formula is C11H12N2O3S. The van der Waals surface area contributed by atoms with Gasteiger partial charge in [0.2, 0.25) is 0 Å². The first-order valence-electron chi connectivity index (χ1n) is 5.46. The van der Waals surface area contributed by atoms with Gasteiger partial charge in [0.25, 0.3) is 5.56 Å². The van der Waals surface area contributed by atoms with Crippen LogP contribution in [-0.2, 0) is 16.0 Å². The molecule has 1 aliphatic heterocycles. The third-order valence-electron chi connectivity index (χ3n) is 2.74.